The molecule has 60 valence electrons. The van der Waals surface area contributed by atoms with E-state index in [0.717, 1.165) is 0 Å². The third-order valence-electron chi connectivity index (χ3n) is 2.11. The molecule has 3 heteroatoms. The van der Waals surface area contributed by atoms with Gasteiger partial charge < -0.3 is 5.11 Å². The number of rotatable bonds is 1. The summed E-state index contributed by atoms with van der Waals surface area (Å²) in [6.45, 7) is 2.18. The number of aliphatic hydroxyl groups excluding tert-OH is 1. The number of likely N-dealkylation sites (tertiary alicyclic amines) is 1. The summed E-state index contributed by atoms with van der Waals surface area (Å²) >= 11 is 0. The van der Waals surface area contributed by atoms with Crippen LogP contribution in [-0.4, -0.2) is 41.9 Å². The fourth-order valence-electron chi connectivity index (χ4n) is 1.53. The number of alkyl halides is 1. The molecule has 1 N–H and O–H groups in total. The van der Waals surface area contributed by atoms with Crippen molar-refractivity contribution in [2.75, 3.05) is 13.6 Å². The van der Waals surface area contributed by atoms with Crippen LogP contribution >= 0.6 is 0 Å². The van der Waals surface area contributed by atoms with E-state index in [1.165, 1.54) is 0 Å². The predicted octanol–water partition coefficient (Wildman–Crippen LogP) is 0.409. The lowest BCUT2D eigenvalue weighted by Gasteiger charge is -2.20. The molecule has 1 saturated heterocycles. The first kappa shape index (κ1) is 7.95. The van der Waals surface area contributed by atoms with Gasteiger partial charge in [-0.15, -0.1) is 0 Å². The van der Waals surface area contributed by atoms with Crippen LogP contribution in [0.2, 0.25) is 0 Å². The van der Waals surface area contributed by atoms with Crippen molar-refractivity contribution in [2.24, 2.45) is 0 Å². The Morgan fingerprint density at radius 3 is 2.50 bits per heavy atom. The quantitative estimate of drug-likeness (QED) is 0.580. The molecule has 0 aliphatic carbocycles. The van der Waals surface area contributed by atoms with E-state index < -0.39 is 12.3 Å². The minimum absolute atomic E-state index is 0.0231. The van der Waals surface area contributed by atoms with Crippen molar-refractivity contribution in [1.29, 1.82) is 0 Å². The monoisotopic (exact) mass is 147 g/mol. The highest BCUT2D eigenvalue weighted by atomic mass is 19.1. The summed E-state index contributed by atoms with van der Waals surface area (Å²) in [5, 5.41) is 9.13. The van der Waals surface area contributed by atoms with Gasteiger partial charge in [0.1, 0.15) is 6.17 Å². The van der Waals surface area contributed by atoms with Crippen LogP contribution in [0.25, 0.3) is 0 Å². The summed E-state index contributed by atoms with van der Waals surface area (Å²) in [7, 11) is 1.84. The molecule has 2 nitrogen and oxygen atoms in total. The Kier molecular flexibility index (Phi) is 2.26. The molecular weight excluding hydrogens is 133 g/mol. The third kappa shape index (κ3) is 1.47. The molecule has 0 saturated carbocycles. The van der Waals surface area contributed by atoms with Crippen molar-refractivity contribution in [3.63, 3.8) is 0 Å². The molecular formula is C7H14FNO. The molecule has 3 atom stereocenters. The van der Waals surface area contributed by atoms with Crippen LogP contribution in [0.1, 0.15) is 13.3 Å². The molecule has 0 aromatic rings. The van der Waals surface area contributed by atoms with Crippen molar-refractivity contribution in [3.05, 3.63) is 0 Å². The van der Waals surface area contributed by atoms with Gasteiger partial charge in [0.05, 0.1) is 6.10 Å². The zero-order valence-corrected chi connectivity index (χ0v) is 6.42. The lowest BCUT2D eigenvalue weighted by molar-refractivity contribution is 0.101. The van der Waals surface area contributed by atoms with E-state index in [1.807, 2.05) is 11.9 Å². The molecule has 1 fully saturated rings. The van der Waals surface area contributed by atoms with Crippen LogP contribution in [0.4, 0.5) is 4.39 Å². The molecule has 1 rings (SSSR count). The average molecular weight is 147 g/mol. The molecule has 1 heterocycles. The molecule has 0 bridgehead atoms. The van der Waals surface area contributed by atoms with Crippen molar-refractivity contribution < 1.29 is 9.50 Å². The lowest BCUT2D eigenvalue weighted by Crippen LogP contribution is -2.34. The molecule has 10 heavy (non-hydrogen) atoms. The van der Waals surface area contributed by atoms with Crippen LogP contribution in [0.15, 0.2) is 0 Å². The van der Waals surface area contributed by atoms with Gasteiger partial charge in [-0.2, -0.15) is 0 Å². The van der Waals surface area contributed by atoms with Crippen molar-refractivity contribution in [1.82, 2.24) is 4.90 Å². The van der Waals surface area contributed by atoms with Gasteiger partial charge in [0.15, 0.2) is 0 Å². The van der Waals surface area contributed by atoms with E-state index in [1.54, 1.807) is 6.92 Å². The van der Waals surface area contributed by atoms with Crippen LogP contribution < -0.4 is 0 Å². The number of hydrogen-bond acceptors (Lipinski definition) is 2. The third-order valence-corrected chi connectivity index (χ3v) is 2.11. The number of nitrogens with zero attached hydrogens (tertiary/aromatic N) is 1. The number of aliphatic hydroxyl groups is 1. The summed E-state index contributed by atoms with van der Waals surface area (Å²) in [4.78, 5) is 1.87. The first-order valence-electron chi connectivity index (χ1n) is 3.63. The second kappa shape index (κ2) is 2.84. The molecule has 0 unspecified atom stereocenters. The molecule has 0 radical (unpaired) electrons. The van der Waals surface area contributed by atoms with Crippen LogP contribution in [-0.2, 0) is 0 Å². The van der Waals surface area contributed by atoms with Crippen molar-refractivity contribution in [3.8, 4) is 0 Å². The zero-order chi connectivity index (χ0) is 7.72. The first-order chi connectivity index (χ1) is 4.61. The largest absolute Gasteiger partial charge is 0.392 e. The van der Waals surface area contributed by atoms with Gasteiger partial charge >= 0.3 is 0 Å². The molecule has 0 amide bonds. The van der Waals surface area contributed by atoms with Gasteiger partial charge in [0, 0.05) is 12.6 Å². The summed E-state index contributed by atoms with van der Waals surface area (Å²) in [6.07, 6.45) is -0.677. The molecule has 0 aromatic carbocycles. The molecule has 0 spiro atoms. The normalized spacial score (nSPS) is 38.4. The molecule has 1 aliphatic rings. The fourth-order valence-corrected chi connectivity index (χ4v) is 1.53. The number of likely N-dealkylation sites (N-methyl/N-ethyl adjacent to an activating group) is 1. The van der Waals surface area contributed by atoms with Gasteiger partial charge in [-0.05, 0) is 20.4 Å². The zero-order valence-electron chi connectivity index (χ0n) is 6.42. The smallest absolute Gasteiger partial charge is 0.114 e. The van der Waals surface area contributed by atoms with Gasteiger partial charge in [-0.25, -0.2) is 4.39 Å². The fraction of sp³-hybridized carbons (Fsp3) is 1.00. The van der Waals surface area contributed by atoms with E-state index in [9.17, 15) is 4.39 Å². The van der Waals surface area contributed by atoms with Gasteiger partial charge in [0.2, 0.25) is 0 Å². The summed E-state index contributed by atoms with van der Waals surface area (Å²) in [6, 6.07) is 0.0231. The second-order valence-electron chi connectivity index (χ2n) is 3.08. The number of hydrogen-bond donors (Lipinski definition) is 1. The Morgan fingerprint density at radius 2 is 2.30 bits per heavy atom. The predicted molar refractivity (Wildman–Crippen MR) is 37.6 cm³/mol. The van der Waals surface area contributed by atoms with Crippen molar-refractivity contribution >= 4 is 0 Å². The van der Waals surface area contributed by atoms with Gasteiger partial charge in [-0.3, -0.25) is 4.90 Å². The summed E-state index contributed by atoms with van der Waals surface area (Å²) in [5.41, 5.74) is 0. The Morgan fingerprint density at radius 1 is 1.70 bits per heavy atom. The maximum Gasteiger partial charge on any atom is 0.114 e. The first-order valence-corrected chi connectivity index (χ1v) is 3.63. The van der Waals surface area contributed by atoms with Crippen molar-refractivity contribution in [2.45, 2.75) is 31.7 Å². The highest BCUT2D eigenvalue weighted by Crippen LogP contribution is 2.20. The Labute approximate surface area is 60.6 Å². The van der Waals surface area contributed by atoms with E-state index in [2.05, 4.69) is 0 Å². The maximum absolute atomic E-state index is 12.6. The minimum atomic E-state index is -0.746. The SMILES string of the molecule is C[C@@H](O)[C@@H]1C[C@@H](F)CN1C. The Balaban J connectivity index is 2.46. The molecule has 1 aliphatic heterocycles. The highest BCUT2D eigenvalue weighted by Gasteiger charge is 2.31. The van der Waals surface area contributed by atoms with E-state index >= 15 is 0 Å². The summed E-state index contributed by atoms with van der Waals surface area (Å²) in [5.74, 6) is 0. The standard InChI is InChI=1S/C7H14FNO/c1-5(10)7-3-6(8)4-9(7)2/h5-7,10H,3-4H2,1-2H3/t5-,6-,7+/m1/s1. The van der Waals surface area contributed by atoms with Crippen LogP contribution in [0.5, 0.6) is 0 Å². The second-order valence-corrected chi connectivity index (χ2v) is 3.08. The minimum Gasteiger partial charge on any atom is -0.392 e. The number of halogens is 1. The average Bonchev–Trinajstić information content (AvgIpc) is 2.10. The van der Waals surface area contributed by atoms with E-state index in [-0.39, 0.29) is 6.04 Å². The molecule has 0 aromatic heterocycles. The highest BCUT2D eigenvalue weighted by molar-refractivity contribution is 4.86. The van der Waals surface area contributed by atoms with Gasteiger partial charge in [-0.1, -0.05) is 0 Å². The van der Waals surface area contributed by atoms with E-state index in [0.29, 0.717) is 13.0 Å². The summed E-state index contributed by atoms with van der Waals surface area (Å²) < 4.78 is 12.6. The van der Waals surface area contributed by atoms with Crippen LogP contribution in [0, 0.1) is 0 Å². The Hall–Kier alpha value is -0.150. The van der Waals surface area contributed by atoms with Crippen LogP contribution in [0.3, 0.4) is 0 Å². The lowest BCUT2D eigenvalue weighted by atomic mass is 10.1. The van der Waals surface area contributed by atoms with Gasteiger partial charge in [0.25, 0.3) is 0 Å². The van der Waals surface area contributed by atoms with E-state index in [4.69, 9.17) is 5.11 Å². The maximum atomic E-state index is 12.6. The topological polar surface area (TPSA) is 23.5 Å². The Bertz CT molecular complexity index is 118.